The van der Waals surface area contributed by atoms with Crippen LogP contribution in [-0.4, -0.2) is 36.9 Å². The van der Waals surface area contributed by atoms with Gasteiger partial charge in [-0.15, -0.1) is 11.3 Å². The Kier molecular flexibility index (Phi) is 4.37. The van der Waals surface area contributed by atoms with E-state index in [1.807, 2.05) is 6.07 Å². The Labute approximate surface area is 127 Å². The Morgan fingerprint density at radius 1 is 1.57 bits per heavy atom. The molecule has 0 aliphatic carbocycles. The number of nitrogens with zero attached hydrogens (tertiary/aromatic N) is 2. The minimum absolute atomic E-state index is 0.0129. The molecule has 6 nitrogen and oxygen atoms in total. The van der Waals surface area contributed by atoms with E-state index in [0.29, 0.717) is 30.7 Å². The average Bonchev–Trinajstić information content (AvgIpc) is 2.96. The molecule has 1 aliphatic heterocycles. The van der Waals surface area contributed by atoms with Crippen molar-refractivity contribution in [2.45, 2.75) is 30.4 Å². The highest BCUT2D eigenvalue weighted by atomic mass is 32.2. The number of sulfonamides is 1. The molecule has 1 aliphatic rings. The number of hydrogen-bond acceptors (Lipinski definition) is 5. The number of carboxylic acids is 1. The highest BCUT2D eigenvalue weighted by molar-refractivity contribution is 7.91. The molecule has 21 heavy (non-hydrogen) atoms. The first kappa shape index (κ1) is 15.9. The quantitative estimate of drug-likeness (QED) is 0.910. The molecule has 2 rings (SSSR count). The number of hydrogen-bond donors (Lipinski definition) is 1. The van der Waals surface area contributed by atoms with Gasteiger partial charge in [0, 0.05) is 13.1 Å². The molecule has 1 N–H and O–H groups in total. The van der Waals surface area contributed by atoms with Crippen molar-refractivity contribution in [1.29, 1.82) is 5.26 Å². The third-order valence-electron chi connectivity index (χ3n) is 3.96. The van der Waals surface area contributed by atoms with E-state index in [2.05, 4.69) is 0 Å². The Morgan fingerprint density at radius 2 is 2.29 bits per heavy atom. The second-order valence-electron chi connectivity index (χ2n) is 5.11. The fourth-order valence-electron chi connectivity index (χ4n) is 2.56. The van der Waals surface area contributed by atoms with Crippen LogP contribution in [0.25, 0.3) is 0 Å². The van der Waals surface area contributed by atoms with Crippen molar-refractivity contribution in [3.8, 4) is 6.07 Å². The molecular formula is C13H16N2O4S2. The van der Waals surface area contributed by atoms with Gasteiger partial charge in [-0.2, -0.15) is 9.57 Å². The molecule has 1 aromatic rings. The number of rotatable bonds is 4. The smallest absolute Gasteiger partial charge is 0.310 e. The van der Waals surface area contributed by atoms with Gasteiger partial charge in [-0.1, -0.05) is 6.92 Å². The lowest BCUT2D eigenvalue weighted by molar-refractivity contribution is -0.151. The van der Waals surface area contributed by atoms with Crippen molar-refractivity contribution < 1.29 is 18.3 Å². The van der Waals surface area contributed by atoms with E-state index >= 15 is 0 Å². The highest BCUT2D eigenvalue weighted by Gasteiger charge is 2.44. The fraction of sp³-hybridized carbons (Fsp3) is 0.538. The van der Waals surface area contributed by atoms with Gasteiger partial charge >= 0.3 is 5.97 Å². The van der Waals surface area contributed by atoms with Gasteiger partial charge in [0.15, 0.2) is 0 Å². The van der Waals surface area contributed by atoms with Crippen LogP contribution in [0.1, 0.15) is 31.1 Å². The van der Waals surface area contributed by atoms with Crippen LogP contribution < -0.4 is 0 Å². The van der Waals surface area contributed by atoms with Crippen molar-refractivity contribution in [3.63, 3.8) is 0 Å². The summed E-state index contributed by atoms with van der Waals surface area (Å²) >= 11 is 0.911. The fourth-order valence-corrected chi connectivity index (χ4v) is 5.38. The Bertz CT molecular complexity index is 689. The summed E-state index contributed by atoms with van der Waals surface area (Å²) in [7, 11) is -3.73. The zero-order chi connectivity index (χ0) is 15.7. The lowest BCUT2D eigenvalue weighted by atomic mass is 9.78. The molecule has 0 radical (unpaired) electrons. The van der Waals surface area contributed by atoms with Crippen LogP contribution in [-0.2, 0) is 14.8 Å². The summed E-state index contributed by atoms with van der Waals surface area (Å²) in [6, 6.07) is 4.78. The predicted molar refractivity (Wildman–Crippen MR) is 77.4 cm³/mol. The van der Waals surface area contributed by atoms with Crippen LogP contribution >= 0.6 is 11.3 Å². The van der Waals surface area contributed by atoms with Gasteiger partial charge < -0.3 is 5.11 Å². The van der Waals surface area contributed by atoms with Crippen LogP contribution in [0.4, 0.5) is 0 Å². The minimum atomic E-state index is -3.73. The van der Waals surface area contributed by atoms with E-state index < -0.39 is 21.4 Å². The van der Waals surface area contributed by atoms with Crippen molar-refractivity contribution in [3.05, 3.63) is 17.0 Å². The standard InChI is InChI=1S/C13H16N2O4S2/c1-2-13(12(16)17)6-3-7-15(9-13)21(18,19)11-5-4-10(8-14)20-11/h4-5H,2-3,6-7,9H2,1H3,(H,16,17). The summed E-state index contributed by atoms with van der Waals surface area (Å²) in [6.45, 7) is 2.07. The first-order valence-corrected chi connectivity index (χ1v) is 8.85. The molecule has 0 saturated carbocycles. The number of nitriles is 1. The SMILES string of the molecule is CCC1(C(=O)O)CCCN(S(=O)(=O)c2ccc(C#N)s2)C1. The van der Waals surface area contributed by atoms with Crippen LogP contribution in [0.3, 0.4) is 0 Å². The second-order valence-corrected chi connectivity index (χ2v) is 8.36. The number of aliphatic carboxylic acids is 1. The van der Waals surface area contributed by atoms with E-state index in [0.717, 1.165) is 11.3 Å². The molecule has 1 fully saturated rings. The van der Waals surface area contributed by atoms with E-state index in [9.17, 15) is 18.3 Å². The average molecular weight is 328 g/mol. The van der Waals surface area contributed by atoms with Gasteiger partial charge in [0.25, 0.3) is 10.0 Å². The summed E-state index contributed by atoms with van der Waals surface area (Å²) in [5.41, 5.74) is -1.01. The summed E-state index contributed by atoms with van der Waals surface area (Å²) in [5, 5.41) is 18.2. The van der Waals surface area contributed by atoms with Gasteiger partial charge in [0.2, 0.25) is 0 Å². The maximum absolute atomic E-state index is 12.6. The molecule has 0 bridgehead atoms. The largest absolute Gasteiger partial charge is 0.481 e. The zero-order valence-electron chi connectivity index (χ0n) is 11.6. The van der Waals surface area contributed by atoms with Gasteiger partial charge in [-0.3, -0.25) is 4.79 Å². The first-order chi connectivity index (χ1) is 9.85. The van der Waals surface area contributed by atoms with Crippen molar-refractivity contribution in [2.24, 2.45) is 5.41 Å². The monoisotopic (exact) mass is 328 g/mol. The molecule has 0 aromatic carbocycles. The maximum atomic E-state index is 12.6. The molecule has 8 heteroatoms. The lowest BCUT2D eigenvalue weighted by Crippen LogP contribution is -2.49. The number of thiophene rings is 1. The summed E-state index contributed by atoms with van der Waals surface area (Å²) in [6.07, 6.45) is 1.40. The molecule has 2 heterocycles. The number of piperidine rings is 1. The van der Waals surface area contributed by atoms with Crippen LogP contribution in [0.15, 0.2) is 16.3 Å². The molecule has 114 valence electrons. The van der Waals surface area contributed by atoms with Crippen LogP contribution in [0.2, 0.25) is 0 Å². The molecule has 1 unspecified atom stereocenters. The second kappa shape index (κ2) is 5.75. The van der Waals surface area contributed by atoms with Crippen molar-refractivity contribution >= 4 is 27.3 Å². The molecule has 1 aromatic heterocycles. The van der Waals surface area contributed by atoms with E-state index in [1.165, 1.54) is 16.4 Å². The predicted octanol–water partition coefficient (Wildman–Crippen LogP) is 1.89. The zero-order valence-corrected chi connectivity index (χ0v) is 13.2. The summed E-state index contributed by atoms with van der Waals surface area (Å²) < 4.78 is 26.5. The summed E-state index contributed by atoms with van der Waals surface area (Å²) in [5.74, 6) is -0.950. The molecular weight excluding hydrogens is 312 g/mol. The highest BCUT2D eigenvalue weighted by Crippen LogP contribution is 2.37. The van der Waals surface area contributed by atoms with Gasteiger partial charge in [0.1, 0.15) is 15.2 Å². The number of carbonyl (C=O) groups is 1. The van der Waals surface area contributed by atoms with E-state index in [-0.39, 0.29) is 10.8 Å². The molecule has 1 saturated heterocycles. The molecule has 0 amide bonds. The molecule has 0 spiro atoms. The summed E-state index contributed by atoms with van der Waals surface area (Å²) in [4.78, 5) is 11.8. The Balaban J connectivity index is 2.32. The first-order valence-electron chi connectivity index (χ1n) is 6.59. The number of carboxylic acid groups (broad SMARTS) is 1. The Morgan fingerprint density at radius 3 is 2.81 bits per heavy atom. The van der Waals surface area contributed by atoms with Crippen LogP contribution in [0, 0.1) is 16.7 Å². The van der Waals surface area contributed by atoms with Crippen molar-refractivity contribution in [2.75, 3.05) is 13.1 Å². The van der Waals surface area contributed by atoms with Gasteiger partial charge in [0.05, 0.1) is 5.41 Å². The Hall–Kier alpha value is -1.43. The van der Waals surface area contributed by atoms with E-state index in [4.69, 9.17) is 5.26 Å². The third kappa shape index (κ3) is 2.81. The van der Waals surface area contributed by atoms with Gasteiger partial charge in [-0.25, -0.2) is 8.42 Å². The van der Waals surface area contributed by atoms with Gasteiger partial charge in [-0.05, 0) is 31.4 Å². The van der Waals surface area contributed by atoms with Crippen molar-refractivity contribution in [1.82, 2.24) is 4.31 Å². The molecule has 1 atom stereocenters. The topological polar surface area (TPSA) is 98.5 Å². The normalized spacial score (nSPS) is 23.6. The lowest BCUT2D eigenvalue weighted by Gasteiger charge is -2.38. The minimum Gasteiger partial charge on any atom is -0.481 e. The third-order valence-corrected chi connectivity index (χ3v) is 7.26. The van der Waals surface area contributed by atoms with E-state index in [1.54, 1.807) is 6.92 Å². The maximum Gasteiger partial charge on any atom is 0.310 e. The van der Waals surface area contributed by atoms with Crippen LogP contribution in [0.5, 0.6) is 0 Å².